The number of aromatic nitrogens is 2. The third-order valence-electron chi connectivity index (χ3n) is 4.33. The molecule has 2 aromatic carbocycles. The molecule has 1 fully saturated rings. The van der Waals surface area contributed by atoms with E-state index in [2.05, 4.69) is 10.1 Å². The van der Waals surface area contributed by atoms with E-state index in [-0.39, 0.29) is 36.4 Å². The maximum atomic E-state index is 13.4. The minimum Gasteiger partial charge on any atom is -0.334 e. The van der Waals surface area contributed by atoms with Gasteiger partial charge in [0.1, 0.15) is 11.6 Å². The molecule has 1 atom stereocenters. The molecule has 1 unspecified atom stereocenters. The molecule has 1 aliphatic heterocycles. The molecule has 0 saturated carbocycles. The molecule has 0 N–H and O–H groups in total. The predicted octanol–water partition coefficient (Wildman–Crippen LogP) is 3.41. The summed E-state index contributed by atoms with van der Waals surface area (Å²) in [6.45, 7) is 0.193. The van der Waals surface area contributed by atoms with Crippen LogP contribution in [0.2, 0.25) is 0 Å². The zero-order chi connectivity index (χ0) is 19.0. The van der Waals surface area contributed by atoms with Crippen molar-refractivity contribution >= 4 is 11.6 Å². The zero-order valence-corrected chi connectivity index (χ0v) is 13.9. The van der Waals surface area contributed by atoms with Crippen molar-refractivity contribution in [3.8, 4) is 17.5 Å². The van der Waals surface area contributed by atoms with Gasteiger partial charge in [0, 0.05) is 36.2 Å². The van der Waals surface area contributed by atoms with Crippen LogP contribution in [-0.4, -0.2) is 22.6 Å². The molecule has 27 heavy (non-hydrogen) atoms. The van der Waals surface area contributed by atoms with E-state index < -0.39 is 11.6 Å². The van der Waals surface area contributed by atoms with Crippen LogP contribution in [0.5, 0.6) is 0 Å². The predicted molar refractivity (Wildman–Crippen MR) is 90.5 cm³/mol. The van der Waals surface area contributed by atoms with Gasteiger partial charge in [0.25, 0.3) is 5.89 Å². The molecule has 1 aromatic heterocycles. The summed E-state index contributed by atoms with van der Waals surface area (Å²) in [5, 5.41) is 12.9. The summed E-state index contributed by atoms with van der Waals surface area (Å²) in [5.41, 5.74) is 1.22. The van der Waals surface area contributed by atoms with Gasteiger partial charge >= 0.3 is 0 Å². The third-order valence-corrected chi connectivity index (χ3v) is 4.33. The molecule has 3 aromatic rings. The maximum absolute atomic E-state index is 13.4. The Labute approximate surface area is 152 Å². The van der Waals surface area contributed by atoms with Crippen molar-refractivity contribution < 1.29 is 18.1 Å². The highest BCUT2D eigenvalue weighted by molar-refractivity contribution is 5.96. The number of nitrogens with zero attached hydrogens (tertiary/aromatic N) is 4. The summed E-state index contributed by atoms with van der Waals surface area (Å²) >= 11 is 0. The van der Waals surface area contributed by atoms with Crippen LogP contribution in [0.1, 0.15) is 23.7 Å². The van der Waals surface area contributed by atoms with Crippen LogP contribution in [0.4, 0.5) is 14.5 Å². The monoisotopic (exact) mass is 366 g/mol. The number of hydrogen-bond donors (Lipinski definition) is 0. The maximum Gasteiger partial charge on any atom is 0.257 e. The fraction of sp³-hybridized carbons (Fsp3) is 0.158. The first-order valence-corrected chi connectivity index (χ1v) is 8.14. The van der Waals surface area contributed by atoms with Crippen molar-refractivity contribution in [3.05, 3.63) is 65.5 Å². The van der Waals surface area contributed by atoms with Crippen LogP contribution in [0.25, 0.3) is 11.5 Å². The van der Waals surface area contributed by atoms with Gasteiger partial charge < -0.3 is 9.42 Å². The Bertz CT molecular complexity index is 1050. The molecule has 1 amide bonds. The molecule has 0 bridgehead atoms. The second kappa shape index (κ2) is 6.61. The second-order valence-electron chi connectivity index (χ2n) is 6.18. The molecule has 0 spiro atoms. The van der Waals surface area contributed by atoms with Crippen LogP contribution < -0.4 is 4.90 Å². The summed E-state index contributed by atoms with van der Waals surface area (Å²) in [5.74, 6) is -1.56. The average molecular weight is 366 g/mol. The highest BCUT2D eigenvalue weighted by atomic mass is 19.1. The number of carbonyl (C=O) groups is 1. The van der Waals surface area contributed by atoms with Crippen molar-refractivity contribution in [1.82, 2.24) is 10.1 Å². The minimum atomic E-state index is -0.750. The van der Waals surface area contributed by atoms with Crippen molar-refractivity contribution in [2.24, 2.45) is 0 Å². The van der Waals surface area contributed by atoms with Crippen LogP contribution >= 0.6 is 0 Å². The van der Waals surface area contributed by atoms with Crippen LogP contribution in [-0.2, 0) is 4.79 Å². The molecule has 134 valence electrons. The molecular formula is C19H12F2N4O2. The summed E-state index contributed by atoms with van der Waals surface area (Å²) in [7, 11) is 0. The molecule has 1 aliphatic rings. The van der Waals surface area contributed by atoms with Crippen molar-refractivity contribution in [2.45, 2.75) is 12.3 Å². The number of halogens is 2. The Balaban J connectivity index is 1.58. The Kier molecular flexibility index (Phi) is 4.12. The van der Waals surface area contributed by atoms with Crippen LogP contribution in [0, 0.1) is 23.0 Å². The molecule has 0 radical (unpaired) electrons. The number of rotatable bonds is 3. The lowest BCUT2D eigenvalue weighted by Gasteiger charge is -2.16. The van der Waals surface area contributed by atoms with Crippen LogP contribution in [0.3, 0.4) is 0 Å². The Morgan fingerprint density at radius 1 is 1.19 bits per heavy atom. The van der Waals surface area contributed by atoms with Gasteiger partial charge in [-0.15, -0.1) is 0 Å². The van der Waals surface area contributed by atoms with Crippen molar-refractivity contribution in [1.29, 1.82) is 5.26 Å². The fourth-order valence-corrected chi connectivity index (χ4v) is 3.06. The van der Waals surface area contributed by atoms with Gasteiger partial charge in [-0.1, -0.05) is 11.2 Å². The molecule has 0 aliphatic carbocycles. The fourth-order valence-electron chi connectivity index (χ4n) is 3.06. The normalized spacial score (nSPS) is 16.6. The number of hydrogen-bond acceptors (Lipinski definition) is 5. The zero-order valence-electron chi connectivity index (χ0n) is 13.9. The van der Waals surface area contributed by atoms with Gasteiger partial charge in [-0.05, 0) is 30.3 Å². The van der Waals surface area contributed by atoms with Crippen molar-refractivity contribution in [2.75, 3.05) is 11.4 Å². The van der Waals surface area contributed by atoms with E-state index in [0.29, 0.717) is 17.0 Å². The second-order valence-corrected chi connectivity index (χ2v) is 6.18. The van der Waals surface area contributed by atoms with Gasteiger partial charge in [-0.3, -0.25) is 4.79 Å². The van der Waals surface area contributed by atoms with E-state index in [1.54, 1.807) is 24.3 Å². The molecule has 2 heterocycles. The van der Waals surface area contributed by atoms with Crippen LogP contribution in [0.15, 0.2) is 47.0 Å². The lowest BCUT2D eigenvalue weighted by molar-refractivity contribution is -0.117. The van der Waals surface area contributed by atoms with Gasteiger partial charge in [-0.2, -0.15) is 10.2 Å². The lowest BCUT2D eigenvalue weighted by atomic mass is 10.1. The molecule has 4 rings (SSSR count). The number of amides is 1. The molecular weight excluding hydrogens is 354 g/mol. The molecule has 1 saturated heterocycles. The van der Waals surface area contributed by atoms with E-state index in [1.807, 2.05) is 6.07 Å². The summed E-state index contributed by atoms with van der Waals surface area (Å²) in [6, 6.07) is 11.7. The van der Waals surface area contributed by atoms with Gasteiger partial charge in [0.15, 0.2) is 5.82 Å². The Morgan fingerprint density at radius 2 is 1.96 bits per heavy atom. The SMILES string of the molecule is N#Cc1cccc(-c2nc(C3CC(=O)N(c4cc(F)cc(F)c4)C3)no2)c1. The number of anilines is 1. The van der Waals surface area contributed by atoms with E-state index >= 15 is 0 Å². The first-order valence-electron chi connectivity index (χ1n) is 8.14. The third kappa shape index (κ3) is 3.27. The summed E-state index contributed by atoms with van der Waals surface area (Å²) in [6.07, 6.45) is 0.106. The summed E-state index contributed by atoms with van der Waals surface area (Å²) < 4.78 is 32.1. The van der Waals surface area contributed by atoms with Gasteiger partial charge in [-0.25, -0.2) is 8.78 Å². The first kappa shape index (κ1) is 16.8. The van der Waals surface area contributed by atoms with E-state index in [0.717, 1.165) is 18.2 Å². The number of nitriles is 1. The average Bonchev–Trinajstić information content (AvgIpc) is 3.28. The van der Waals surface area contributed by atoms with E-state index in [9.17, 15) is 13.6 Å². The highest BCUT2D eigenvalue weighted by Gasteiger charge is 2.35. The standard InChI is InChI=1S/C19H12F2N4O2/c20-14-6-15(21)8-16(7-14)25-10-13(5-17(25)26)18-23-19(27-24-18)12-3-1-2-11(4-12)9-22/h1-4,6-8,13H,5,10H2. The highest BCUT2D eigenvalue weighted by Crippen LogP contribution is 2.32. The van der Waals surface area contributed by atoms with Gasteiger partial charge in [0.2, 0.25) is 5.91 Å². The summed E-state index contributed by atoms with van der Waals surface area (Å²) in [4.78, 5) is 17.9. The van der Waals surface area contributed by atoms with E-state index in [1.165, 1.54) is 4.90 Å². The lowest BCUT2D eigenvalue weighted by Crippen LogP contribution is -2.24. The first-order chi connectivity index (χ1) is 13.0. The Hall–Kier alpha value is -3.60. The van der Waals surface area contributed by atoms with Crippen molar-refractivity contribution in [3.63, 3.8) is 0 Å². The number of benzene rings is 2. The molecule has 6 nitrogen and oxygen atoms in total. The quantitative estimate of drug-likeness (QED) is 0.709. The topological polar surface area (TPSA) is 83.0 Å². The molecule has 8 heteroatoms. The van der Waals surface area contributed by atoms with Gasteiger partial charge in [0.05, 0.1) is 11.6 Å². The smallest absolute Gasteiger partial charge is 0.257 e. The Morgan fingerprint density at radius 3 is 2.70 bits per heavy atom. The largest absolute Gasteiger partial charge is 0.334 e. The number of carbonyl (C=O) groups excluding carboxylic acids is 1. The van der Waals surface area contributed by atoms with E-state index in [4.69, 9.17) is 9.78 Å². The minimum absolute atomic E-state index is 0.106.